The summed E-state index contributed by atoms with van der Waals surface area (Å²) in [5.74, 6) is 1.76. The van der Waals surface area contributed by atoms with Crippen LogP contribution in [0.4, 0.5) is 0 Å². The molecule has 2 aliphatic rings. The zero-order valence-corrected chi connectivity index (χ0v) is 12.2. The minimum absolute atomic E-state index is 0.0944. The standard InChI is InChI=1S/C13H23NO3S/c1-8(12-7-10-4-5-11(12)6-10)14-13(15)9(2)18(3,16)17/h8-12H,4-7H2,1-3H3,(H,14,15). The Hall–Kier alpha value is -0.580. The van der Waals surface area contributed by atoms with Crippen molar-refractivity contribution in [2.75, 3.05) is 6.26 Å². The summed E-state index contributed by atoms with van der Waals surface area (Å²) in [5, 5.41) is 1.95. The molecule has 2 bridgehead atoms. The fourth-order valence-corrected chi connectivity index (χ4v) is 4.01. The molecule has 2 rings (SSSR count). The van der Waals surface area contributed by atoms with Gasteiger partial charge >= 0.3 is 0 Å². The van der Waals surface area contributed by atoms with Crippen LogP contribution >= 0.6 is 0 Å². The summed E-state index contributed by atoms with van der Waals surface area (Å²) >= 11 is 0. The smallest absolute Gasteiger partial charge is 0.238 e. The lowest BCUT2D eigenvalue weighted by molar-refractivity contribution is -0.121. The first-order valence-corrected chi connectivity index (χ1v) is 8.73. The third-order valence-electron chi connectivity index (χ3n) is 4.82. The molecule has 5 unspecified atom stereocenters. The molecule has 0 aliphatic heterocycles. The average Bonchev–Trinajstić information content (AvgIpc) is 2.88. The Morgan fingerprint density at radius 1 is 1.22 bits per heavy atom. The minimum atomic E-state index is -3.29. The lowest BCUT2D eigenvalue weighted by Crippen LogP contribution is -2.45. The molecule has 18 heavy (non-hydrogen) atoms. The van der Waals surface area contributed by atoms with Gasteiger partial charge in [0.15, 0.2) is 9.84 Å². The first-order chi connectivity index (χ1) is 8.29. The van der Waals surface area contributed by atoms with E-state index in [1.165, 1.54) is 32.6 Å². The van der Waals surface area contributed by atoms with Gasteiger partial charge in [-0.3, -0.25) is 4.79 Å². The zero-order valence-electron chi connectivity index (χ0n) is 11.3. The first kappa shape index (κ1) is 13.8. The average molecular weight is 273 g/mol. The van der Waals surface area contributed by atoms with E-state index in [0.717, 1.165) is 18.1 Å². The molecule has 1 amide bonds. The highest BCUT2D eigenvalue weighted by molar-refractivity contribution is 7.92. The number of rotatable bonds is 4. The van der Waals surface area contributed by atoms with Gasteiger partial charge in [0.05, 0.1) is 0 Å². The molecule has 0 aromatic carbocycles. The summed E-state index contributed by atoms with van der Waals surface area (Å²) in [5.41, 5.74) is 0. The second kappa shape index (κ2) is 4.83. The maximum atomic E-state index is 11.9. The Morgan fingerprint density at radius 3 is 2.33 bits per heavy atom. The van der Waals surface area contributed by atoms with Gasteiger partial charge in [0.1, 0.15) is 5.25 Å². The first-order valence-electron chi connectivity index (χ1n) is 6.78. The third kappa shape index (κ3) is 2.71. The van der Waals surface area contributed by atoms with E-state index in [1.807, 2.05) is 6.92 Å². The maximum absolute atomic E-state index is 11.9. The van der Waals surface area contributed by atoms with Gasteiger partial charge in [-0.25, -0.2) is 8.42 Å². The molecule has 4 nitrogen and oxygen atoms in total. The second-order valence-corrected chi connectivity index (χ2v) is 8.47. The van der Waals surface area contributed by atoms with Crippen LogP contribution in [0.25, 0.3) is 0 Å². The van der Waals surface area contributed by atoms with Crippen molar-refractivity contribution in [1.82, 2.24) is 5.32 Å². The Balaban J connectivity index is 1.92. The Bertz CT molecular complexity index is 432. The lowest BCUT2D eigenvalue weighted by Gasteiger charge is -2.29. The summed E-state index contributed by atoms with van der Waals surface area (Å²) in [6, 6.07) is 0.0944. The van der Waals surface area contributed by atoms with Crippen LogP contribution < -0.4 is 5.32 Å². The molecule has 0 spiro atoms. The van der Waals surface area contributed by atoms with E-state index >= 15 is 0 Å². The highest BCUT2D eigenvalue weighted by atomic mass is 32.2. The summed E-state index contributed by atoms with van der Waals surface area (Å²) in [7, 11) is -3.29. The molecule has 0 saturated heterocycles. The van der Waals surface area contributed by atoms with Crippen LogP contribution in [0.5, 0.6) is 0 Å². The number of carbonyl (C=O) groups is 1. The van der Waals surface area contributed by atoms with Gasteiger partial charge in [0, 0.05) is 12.3 Å². The molecule has 0 aromatic rings. The maximum Gasteiger partial charge on any atom is 0.238 e. The molecule has 2 fully saturated rings. The van der Waals surface area contributed by atoms with Gasteiger partial charge in [-0.15, -0.1) is 0 Å². The summed E-state index contributed by atoms with van der Waals surface area (Å²) in [6.45, 7) is 3.47. The van der Waals surface area contributed by atoms with Gasteiger partial charge < -0.3 is 5.32 Å². The Morgan fingerprint density at radius 2 is 1.89 bits per heavy atom. The van der Waals surface area contributed by atoms with Crippen molar-refractivity contribution >= 4 is 15.7 Å². The quantitative estimate of drug-likeness (QED) is 0.841. The number of hydrogen-bond donors (Lipinski definition) is 1. The molecule has 5 atom stereocenters. The number of fused-ring (bicyclic) bond motifs is 2. The van der Waals surface area contributed by atoms with Gasteiger partial charge in [-0.05, 0) is 50.9 Å². The molecular weight excluding hydrogens is 250 g/mol. The fourth-order valence-electron chi connectivity index (χ4n) is 3.55. The van der Waals surface area contributed by atoms with Gasteiger partial charge in [0.2, 0.25) is 5.91 Å². The molecule has 2 aliphatic carbocycles. The van der Waals surface area contributed by atoms with E-state index in [9.17, 15) is 13.2 Å². The molecule has 0 radical (unpaired) electrons. The Labute approximate surface area is 109 Å². The molecule has 5 heteroatoms. The van der Waals surface area contributed by atoms with Crippen molar-refractivity contribution < 1.29 is 13.2 Å². The van der Waals surface area contributed by atoms with E-state index in [0.29, 0.717) is 5.92 Å². The topological polar surface area (TPSA) is 63.2 Å². The van der Waals surface area contributed by atoms with Crippen LogP contribution in [-0.2, 0) is 14.6 Å². The fraction of sp³-hybridized carbons (Fsp3) is 0.923. The summed E-state index contributed by atoms with van der Waals surface area (Å²) < 4.78 is 22.7. The van der Waals surface area contributed by atoms with E-state index in [2.05, 4.69) is 5.32 Å². The van der Waals surface area contributed by atoms with Crippen LogP contribution in [-0.4, -0.2) is 31.9 Å². The second-order valence-electron chi connectivity index (χ2n) is 6.11. The van der Waals surface area contributed by atoms with Crippen LogP contribution in [0.15, 0.2) is 0 Å². The monoisotopic (exact) mass is 273 g/mol. The highest BCUT2D eigenvalue weighted by Gasteiger charge is 2.42. The molecule has 104 valence electrons. The SMILES string of the molecule is CC(NC(=O)C(C)S(C)(=O)=O)C1CC2CCC1C2. The van der Waals surface area contributed by atoms with E-state index in [4.69, 9.17) is 0 Å². The third-order valence-corrected chi connectivity index (χ3v) is 6.31. The van der Waals surface area contributed by atoms with Crippen molar-refractivity contribution in [1.29, 1.82) is 0 Å². The van der Waals surface area contributed by atoms with Crippen molar-refractivity contribution in [3.05, 3.63) is 0 Å². The lowest BCUT2D eigenvalue weighted by atomic mass is 9.84. The summed E-state index contributed by atoms with van der Waals surface area (Å²) in [6.07, 6.45) is 6.21. The number of carbonyl (C=O) groups excluding carboxylic acids is 1. The van der Waals surface area contributed by atoms with Gasteiger partial charge in [-0.1, -0.05) is 6.42 Å². The Kier molecular flexibility index (Phi) is 3.72. The van der Waals surface area contributed by atoms with Crippen LogP contribution in [0, 0.1) is 17.8 Å². The minimum Gasteiger partial charge on any atom is -0.352 e. The predicted octanol–water partition coefficient (Wildman–Crippen LogP) is 1.36. The number of nitrogens with one attached hydrogen (secondary N) is 1. The van der Waals surface area contributed by atoms with Crippen LogP contribution in [0.3, 0.4) is 0 Å². The number of hydrogen-bond acceptors (Lipinski definition) is 3. The molecular formula is C13H23NO3S. The van der Waals surface area contributed by atoms with Crippen LogP contribution in [0.1, 0.15) is 39.5 Å². The van der Waals surface area contributed by atoms with E-state index in [-0.39, 0.29) is 11.9 Å². The van der Waals surface area contributed by atoms with Gasteiger partial charge in [-0.2, -0.15) is 0 Å². The molecule has 2 saturated carbocycles. The highest BCUT2D eigenvalue weighted by Crippen LogP contribution is 2.49. The van der Waals surface area contributed by atoms with Crippen molar-refractivity contribution in [3.63, 3.8) is 0 Å². The van der Waals surface area contributed by atoms with Crippen molar-refractivity contribution in [2.45, 2.75) is 50.8 Å². The molecule has 0 aromatic heterocycles. The largest absolute Gasteiger partial charge is 0.352 e. The van der Waals surface area contributed by atoms with Crippen molar-refractivity contribution in [3.8, 4) is 0 Å². The van der Waals surface area contributed by atoms with Crippen molar-refractivity contribution in [2.24, 2.45) is 17.8 Å². The number of sulfone groups is 1. The number of amides is 1. The van der Waals surface area contributed by atoms with E-state index < -0.39 is 15.1 Å². The van der Waals surface area contributed by atoms with E-state index in [1.54, 1.807) is 0 Å². The normalized spacial score (nSPS) is 34.3. The molecule has 1 N–H and O–H groups in total. The zero-order chi connectivity index (χ0) is 13.5. The van der Waals surface area contributed by atoms with Gasteiger partial charge in [0.25, 0.3) is 0 Å². The molecule has 0 heterocycles. The summed E-state index contributed by atoms with van der Waals surface area (Å²) in [4.78, 5) is 11.9. The van der Waals surface area contributed by atoms with Crippen LogP contribution in [0.2, 0.25) is 0 Å². The predicted molar refractivity (Wildman–Crippen MR) is 70.8 cm³/mol.